The third-order valence-electron chi connectivity index (χ3n) is 3.93. The summed E-state index contributed by atoms with van der Waals surface area (Å²) < 4.78 is 0. The zero-order chi connectivity index (χ0) is 18.5. The third kappa shape index (κ3) is 3.86. The van der Waals surface area contributed by atoms with Gasteiger partial charge in [0.2, 0.25) is 5.91 Å². The fraction of sp³-hybridized carbons (Fsp3) is 0.111. The van der Waals surface area contributed by atoms with Crippen molar-refractivity contribution in [1.29, 1.82) is 0 Å². The van der Waals surface area contributed by atoms with Crippen molar-refractivity contribution in [1.82, 2.24) is 15.8 Å². The van der Waals surface area contributed by atoms with Gasteiger partial charge >= 0.3 is 0 Å². The molecule has 0 saturated carbocycles. The molecule has 132 valence electrons. The number of H-pyrrole nitrogens is 1. The van der Waals surface area contributed by atoms with Crippen LogP contribution in [0.2, 0.25) is 0 Å². The number of aryl methyl sites for hydroxylation is 1. The number of nitro benzene ring substituents is 1. The molecule has 0 aliphatic heterocycles. The van der Waals surface area contributed by atoms with Gasteiger partial charge in [-0.1, -0.05) is 24.3 Å². The average molecular weight is 352 g/mol. The minimum atomic E-state index is -0.617. The van der Waals surface area contributed by atoms with E-state index in [-0.39, 0.29) is 23.6 Å². The summed E-state index contributed by atoms with van der Waals surface area (Å²) in [5.41, 5.74) is 6.50. The van der Waals surface area contributed by atoms with Crippen LogP contribution in [-0.4, -0.2) is 21.7 Å². The fourth-order valence-electron chi connectivity index (χ4n) is 2.61. The predicted molar refractivity (Wildman–Crippen MR) is 95.3 cm³/mol. The molecule has 3 aromatic rings. The van der Waals surface area contributed by atoms with Gasteiger partial charge in [0.1, 0.15) is 0 Å². The number of hydrazine groups is 1. The number of aromatic amines is 1. The van der Waals surface area contributed by atoms with E-state index >= 15 is 0 Å². The Bertz CT molecular complexity index is 980. The van der Waals surface area contributed by atoms with Crippen molar-refractivity contribution in [2.75, 3.05) is 0 Å². The molecule has 8 nitrogen and oxygen atoms in total. The highest BCUT2D eigenvalue weighted by Gasteiger charge is 2.12. The highest BCUT2D eigenvalue weighted by Crippen LogP contribution is 2.18. The van der Waals surface area contributed by atoms with E-state index in [1.165, 1.54) is 18.2 Å². The molecule has 0 spiro atoms. The number of nitrogens with zero attached hydrogens (tertiary/aromatic N) is 1. The first-order valence-corrected chi connectivity index (χ1v) is 7.93. The molecule has 0 atom stereocenters. The molecule has 26 heavy (non-hydrogen) atoms. The van der Waals surface area contributed by atoms with Crippen molar-refractivity contribution in [2.45, 2.75) is 12.8 Å². The summed E-state index contributed by atoms with van der Waals surface area (Å²) in [7, 11) is 0. The summed E-state index contributed by atoms with van der Waals surface area (Å²) in [4.78, 5) is 37.2. The molecule has 0 bridgehead atoms. The second-order valence-corrected chi connectivity index (χ2v) is 5.67. The lowest BCUT2D eigenvalue weighted by Crippen LogP contribution is -2.41. The monoisotopic (exact) mass is 352 g/mol. The van der Waals surface area contributed by atoms with E-state index < -0.39 is 10.8 Å². The average Bonchev–Trinajstić information content (AvgIpc) is 3.07. The molecular formula is C18H16N4O4. The summed E-state index contributed by atoms with van der Waals surface area (Å²) in [6.07, 6.45) is 2.57. The molecule has 3 N–H and O–H groups in total. The number of hydrogen-bond donors (Lipinski definition) is 3. The van der Waals surface area contributed by atoms with E-state index in [0.29, 0.717) is 6.42 Å². The molecule has 0 unspecified atom stereocenters. The second-order valence-electron chi connectivity index (χ2n) is 5.67. The van der Waals surface area contributed by atoms with Gasteiger partial charge < -0.3 is 4.98 Å². The number of amides is 2. The van der Waals surface area contributed by atoms with Crippen molar-refractivity contribution in [3.63, 3.8) is 0 Å². The molecule has 3 rings (SSSR count). The Balaban J connectivity index is 1.53. The normalized spacial score (nSPS) is 10.5. The largest absolute Gasteiger partial charge is 0.361 e. The van der Waals surface area contributed by atoms with Gasteiger partial charge in [0, 0.05) is 41.2 Å². The SMILES string of the molecule is O=C(CCc1c[nH]c2ccccc12)NNC(=O)c1cccc([N+](=O)[O-])c1. The Hall–Kier alpha value is -3.68. The van der Waals surface area contributed by atoms with Crippen LogP contribution in [0.15, 0.2) is 54.7 Å². The van der Waals surface area contributed by atoms with Crippen molar-refractivity contribution in [3.8, 4) is 0 Å². The van der Waals surface area contributed by atoms with E-state index in [4.69, 9.17) is 0 Å². The van der Waals surface area contributed by atoms with Crippen molar-refractivity contribution in [3.05, 3.63) is 76.0 Å². The predicted octanol–water partition coefficient (Wildman–Crippen LogP) is 2.47. The van der Waals surface area contributed by atoms with Crippen LogP contribution < -0.4 is 10.9 Å². The van der Waals surface area contributed by atoms with Crippen LogP contribution in [0.4, 0.5) is 5.69 Å². The van der Waals surface area contributed by atoms with E-state index in [9.17, 15) is 19.7 Å². The minimum Gasteiger partial charge on any atom is -0.361 e. The third-order valence-corrected chi connectivity index (χ3v) is 3.93. The molecule has 0 saturated heterocycles. The maximum atomic E-state index is 12.0. The van der Waals surface area contributed by atoms with E-state index in [1.54, 1.807) is 0 Å². The summed E-state index contributed by atoms with van der Waals surface area (Å²) in [6.45, 7) is 0. The molecular weight excluding hydrogens is 336 g/mol. The fourth-order valence-corrected chi connectivity index (χ4v) is 2.61. The Morgan fingerprint density at radius 3 is 2.69 bits per heavy atom. The van der Waals surface area contributed by atoms with Gasteiger partial charge in [-0.15, -0.1) is 0 Å². The summed E-state index contributed by atoms with van der Waals surface area (Å²) >= 11 is 0. The summed E-state index contributed by atoms with van der Waals surface area (Å²) in [6, 6.07) is 13.1. The van der Waals surface area contributed by atoms with Crippen molar-refractivity contribution < 1.29 is 14.5 Å². The molecule has 0 radical (unpaired) electrons. The number of nitro groups is 1. The van der Waals surface area contributed by atoms with Crippen LogP contribution in [0.3, 0.4) is 0 Å². The zero-order valence-corrected chi connectivity index (χ0v) is 13.7. The molecule has 1 aromatic heterocycles. The van der Waals surface area contributed by atoms with Gasteiger partial charge in [0.15, 0.2) is 0 Å². The maximum Gasteiger partial charge on any atom is 0.270 e. The van der Waals surface area contributed by atoms with Crippen molar-refractivity contribution >= 4 is 28.4 Å². The number of benzene rings is 2. The number of para-hydroxylation sites is 1. The lowest BCUT2D eigenvalue weighted by molar-refractivity contribution is -0.384. The highest BCUT2D eigenvalue weighted by molar-refractivity contribution is 5.96. The number of aromatic nitrogens is 1. The quantitative estimate of drug-likeness (QED) is 0.483. The lowest BCUT2D eigenvalue weighted by atomic mass is 10.1. The summed E-state index contributed by atoms with van der Waals surface area (Å²) in [5.74, 6) is -0.969. The number of carbonyl (C=O) groups excluding carboxylic acids is 2. The number of nitrogens with one attached hydrogen (secondary N) is 3. The van der Waals surface area contributed by atoms with Crippen molar-refractivity contribution in [2.24, 2.45) is 0 Å². The molecule has 0 aliphatic carbocycles. The van der Waals surface area contributed by atoms with Gasteiger partial charge in [-0.25, -0.2) is 0 Å². The minimum absolute atomic E-state index is 0.0936. The van der Waals surface area contributed by atoms with Crippen LogP contribution in [0, 0.1) is 10.1 Å². The molecule has 0 fully saturated rings. The Kier molecular flexibility index (Phi) is 4.93. The number of carbonyl (C=O) groups is 2. The maximum absolute atomic E-state index is 12.0. The summed E-state index contributed by atoms with van der Waals surface area (Å²) in [5, 5.41) is 11.8. The zero-order valence-electron chi connectivity index (χ0n) is 13.7. The molecule has 1 heterocycles. The first kappa shape index (κ1) is 17.2. The number of hydrogen-bond acceptors (Lipinski definition) is 4. The second kappa shape index (κ2) is 7.47. The first-order valence-electron chi connectivity index (χ1n) is 7.93. The molecule has 0 aliphatic rings. The number of fused-ring (bicyclic) bond motifs is 1. The van der Waals surface area contributed by atoms with Gasteiger partial charge in [0.05, 0.1) is 4.92 Å². The highest BCUT2D eigenvalue weighted by atomic mass is 16.6. The van der Waals surface area contributed by atoms with Gasteiger partial charge in [-0.2, -0.15) is 0 Å². The van der Waals surface area contributed by atoms with Gasteiger partial charge in [-0.3, -0.25) is 30.6 Å². The Morgan fingerprint density at radius 2 is 1.88 bits per heavy atom. The van der Waals surface area contributed by atoms with Crippen LogP contribution >= 0.6 is 0 Å². The van der Waals surface area contributed by atoms with E-state index in [0.717, 1.165) is 22.5 Å². The van der Waals surface area contributed by atoms with Crippen LogP contribution in [0.5, 0.6) is 0 Å². The van der Waals surface area contributed by atoms with Crippen LogP contribution in [-0.2, 0) is 11.2 Å². The smallest absolute Gasteiger partial charge is 0.270 e. The first-order chi connectivity index (χ1) is 12.5. The van der Waals surface area contributed by atoms with Crippen LogP contribution in [0.25, 0.3) is 10.9 Å². The number of rotatable bonds is 5. The van der Waals surface area contributed by atoms with Gasteiger partial charge in [0.25, 0.3) is 11.6 Å². The van der Waals surface area contributed by atoms with Crippen LogP contribution in [0.1, 0.15) is 22.3 Å². The Morgan fingerprint density at radius 1 is 1.08 bits per heavy atom. The number of non-ortho nitro benzene ring substituents is 1. The Labute approximate surface area is 148 Å². The molecule has 2 aromatic carbocycles. The van der Waals surface area contributed by atoms with Gasteiger partial charge in [-0.05, 0) is 24.1 Å². The standard InChI is InChI=1S/C18H16N4O4/c23-17(9-8-13-11-19-16-7-2-1-6-15(13)16)20-21-18(24)12-4-3-5-14(10-12)22(25)26/h1-7,10-11,19H,8-9H2,(H,20,23)(H,21,24). The van der Waals surface area contributed by atoms with E-state index in [2.05, 4.69) is 15.8 Å². The topological polar surface area (TPSA) is 117 Å². The lowest BCUT2D eigenvalue weighted by Gasteiger charge is -2.07. The molecule has 2 amide bonds. The van der Waals surface area contributed by atoms with E-state index in [1.807, 2.05) is 30.5 Å². The molecule has 8 heteroatoms.